The Morgan fingerprint density at radius 3 is 3.11 bits per heavy atom. The smallest absolute Gasteiger partial charge is 0.248 e. The van der Waals surface area contributed by atoms with E-state index in [1.807, 2.05) is 0 Å². The third-order valence-electron chi connectivity index (χ3n) is 3.54. The largest absolute Gasteiger partial charge is 0.383 e. The quantitative estimate of drug-likeness (QED) is 0.700. The van der Waals surface area contributed by atoms with Crippen LogP contribution >= 0.6 is 0 Å². The van der Waals surface area contributed by atoms with Crippen LogP contribution in [0.3, 0.4) is 0 Å². The van der Waals surface area contributed by atoms with E-state index in [-0.39, 0.29) is 24.3 Å². The van der Waals surface area contributed by atoms with Gasteiger partial charge in [0.05, 0.1) is 19.1 Å². The van der Waals surface area contributed by atoms with E-state index in [1.54, 1.807) is 7.11 Å². The van der Waals surface area contributed by atoms with E-state index in [0.717, 1.165) is 31.3 Å². The van der Waals surface area contributed by atoms with Crippen molar-refractivity contribution in [1.82, 2.24) is 10.6 Å². The van der Waals surface area contributed by atoms with Crippen molar-refractivity contribution in [3.05, 3.63) is 11.1 Å². The number of amides is 2. The van der Waals surface area contributed by atoms with Gasteiger partial charge in [0.2, 0.25) is 11.8 Å². The molecule has 2 rings (SSSR count). The van der Waals surface area contributed by atoms with Gasteiger partial charge in [-0.1, -0.05) is 6.42 Å². The molecule has 2 aliphatic rings. The summed E-state index contributed by atoms with van der Waals surface area (Å²) < 4.78 is 4.86. The number of nitrogens with one attached hydrogen (secondary N) is 2. The van der Waals surface area contributed by atoms with Crippen LogP contribution in [0.1, 0.15) is 32.1 Å². The Bertz CT molecular complexity index is 376. The molecule has 100 valence electrons. The normalized spacial score (nSPS) is 22.7. The lowest BCUT2D eigenvalue weighted by atomic mass is 9.89. The van der Waals surface area contributed by atoms with Gasteiger partial charge in [0.1, 0.15) is 0 Å². The molecule has 0 saturated heterocycles. The van der Waals surface area contributed by atoms with E-state index in [2.05, 4.69) is 10.6 Å². The van der Waals surface area contributed by atoms with E-state index < -0.39 is 0 Å². The number of carbonyl (C=O) groups excluding carboxylic acids is 2. The van der Waals surface area contributed by atoms with Gasteiger partial charge in [-0.3, -0.25) is 9.59 Å². The molecule has 0 aromatic carbocycles. The average molecular weight is 252 g/mol. The number of carbonyl (C=O) groups is 2. The maximum absolute atomic E-state index is 11.8. The van der Waals surface area contributed by atoms with Crippen LogP contribution < -0.4 is 10.6 Å². The molecule has 0 bridgehead atoms. The lowest BCUT2D eigenvalue weighted by Crippen LogP contribution is -2.31. The molecule has 1 atom stereocenters. The number of methoxy groups -OCH3 is 1. The molecule has 1 unspecified atom stereocenters. The summed E-state index contributed by atoms with van der Waals surface area (Å²) in [6.45, 7) is 0.982. The molecular formula is C13H20N2O3. The summed E-state index contributed by atoms with van der Waals surface area (Å²) in [6, 6.07) is 0.188. The Morgan fingerprint density at radius 2 is 2.33 bits per heavy atom. The minimum atomic E-state index is -0.101. The summed E-state index contributed by atoms with van der Waals surface area (Å²) in [6.07, 6.45) is 4.43. The second kappa shape index (κ2) is 6.00. The molecule has 0 spiro atoms. The molecule has 1 heterocycles. The number of rotatable bonds is 5. The van der Waals surface area contributed by atoms with Gasteiger partial charge in [0, 0.05) is 19.2 Å². The first-order chi connectivity index (χ1) is 8.72. The fraction of sp³-hybridized carbons (Fsp3) is 0.692. The van der Waals surface area contributed by atoms with Gasteiger partial charge < -0.3 is 15.4 Å². The van der Waals surface area contributed by atoms with Crippen molar-refractivity contribution >= 4 is 11.8 Å². The zero-order valence-corrected chi connectivity index (χ0v) is 10.8. The van der Waals surface area contributed by atoms with E-state index in [4.69, 9.17) is 4.74 Å². The van der Waals surface area contributed by atoms with Gasteiger partial charge in [-0.2, -0.15) is 0 Å². The van der Waals surface area contributed by atoms with Crippen molar-refractivity contribution in [2.45, 2.75) is 38.1 Å². The summed E-state index contributed by atoms with van der Waals surface area (Å²) in [4.78, 5) is 23.5. The molecule has 1 aliphatic heterocycles. The van der Waals surface area contributed by atoms with Gasteiger partial charge in [-0.25, -0.2) is 0 Å². The maximum atomic E-state index is 11.8. The van der Waals surface area contributed by atoms with Gasteiger partial charge in [-0.15, -0.1) is 0 Å². The minimum absolute atomic E-state index is 0.0567. The zero-order valence-electron chi connectivity index (χ0n) is 10.8. The third-order valence-corrected chi connectivity index (χ3v) is 3.54. The lowest BCUT2D eigenvalue weighted by Gasteiger charge is -2.20. The standard InChI is InChI=1S/C13H20N2O3/c1-18-7-6-14-12(16)8-10-9-4-2-3-5-11(9)15-13(10)17/h11H,2-8H2,1H3,(H,14,16)(H,15,17). The highest BCUT2D eigenvalue weighted by atomic mass is 16.5. The SMILES string of the molecule is COCCNC(=O)CC1=C2CCCCC2NC1=O. The molecule has 5 heteroatoms. The second-order valence-electron chi connectivity index (χ2n) is 4.80. The molecule has 2 N–H and O–H groups in total. The Labute approximate surface area is 107 Å². The van der Waals surface area contributed by atoms with Crippen molar-refractivity contribution < 1.29 is 14.3 Å². The highest BCUT2D eigenvalue weighted by molar-refractivity contribution is 6.02. The summed E-state index contributed by atoms with van der Waals surface area (Å²) in [5.41, 5.74) is 1.85. The Morgan fingerprint density at radius 1 is 1.50 bits per heavy atom. The fourth-order valence-electron chi connectivity index (χ4n) is 2.63. The number of ether oxygens (including phenoxy) is 1. The first kappa shape index (κ1) is 13.1. The molecule has 18 heavy (non-hydrogen) atoms. The van der Waals surface area contributed by atoms with Crippen molar-refractivity contribution in [1.29, 1.82) is 0 Å². The molecule has 1 saturated carbocycles. The Balaban J connectivity index is 1.94. The molecular weight excluding hydrogens is 232 g/mol. The van der Waals surface area contributed by atoms with Crippen LogP contribution in [0.2, 0.25) is 0 Å². The molecule has 1 fully saturated rings. The van der Waals surface area contributed by atoms with Crippen molar-refractivity contribution in [3.63, 3.8) is 0 Å². The molecule has 2 amide bonds. The minimum Gasteiger partial charge on any atom is -0.383 e. The lowest BCUT2D eigenvalue weighted by molar-refractivity contribution is -0.123. The van der Waals surface area contributed by atoms with E-state index in [9.17, 15) is 9.59 Å². The monoisotopic (exact) mass is 252 g/mol. The van der Waals surface area contributed by atoms with Crippen molar-refractivity contribution in [2.75, 3.05) is 20.3 Å². The summed E-state index contributed by atoms with van der Waals surface area (Å²) in [7, 11) is 1.59. The average Bonchev–Trinajstić information content (AvgIpc) is 2.67. The van der Waals surface area contributed by atoms with Gasteiger partial charge in [-0.05, 0) is 24.8 Å². The highest BCUT2D eigenvalue weighted by Gasteiger charge is 2.33. The van der Waals surface area contributed by atoms with Gasteiger partial charge in [0.15, 0.2) is 0 Å². The van der Waals surface area contributed by atoms with Crippen LogP contribution in [0.5, 0.6) is 0 Å². The molecule has 5 nitrogen and oxygen atoms in total. The number of hydrogen-bond acceptors (Lipinski definition) is 3. The van der Waals surface area contributed by atoms with Gasteiger partial charge >= 0.3 is 0 Å². The number of fused-ring (bicyclic) bond motifs is 1. The first-order valence-electron chi connectivity index (χ1n) is 6.50. The summed E-state index contributed by atoms with van der Waals surface area (Å²) in [5, 5.41) is 5.71. The van der Waals surface area contributed by atoms with Crippen molar-refractivity contribution in [2.24, 2.45) is 0 Å². The molecule has 1 aliphatic carbocycles. The van der Waals surface area contributed by atoms with Crippen LogP contribution in [-0.4, -0.2) is 38.1 Å². The van der Waals surface area contributed by atoms with Crippen molar-refractivity contribution in [3.8, 4) is 0 Å². The Kier molecular flexibility index (Phi) is 4.36. The van der Waals surface area contributed by atoms with Crippen LogP contribution in [0.25, 0.3) is 0 Å². The van der Waals surface area contributed by atoms with E-state index in [0.29, 0.717) is 18.7 Å². The maximum Gasteiger partial charge on any atom is 0.248 e. The van der Waals surface area contributed by atoms with Crippen LogP contribution in [0, 0.1) is 0 Å². The van der Waals surface area contributed by atoms with Crippen LogP contribution in [-0.2, 0) is 14.3 Å². The molecule has 0 aromatic rings. The molecule has 0 radical (unpaired) electrons. The summed E-state index contributed by atoms with van der Waals surface area (Å²) in [5.74, 6) is -0.158. The van der Waals surface area contributed by atoms with Crippen LogP contribution in [0.15, 0.2) is 11.1 Å². The third kappa shape index (κ3) is 2.90. The topological polar surface area (TPSA) is 67.4 Å². The van der Waals surface area contributed by atoms with E-state index in [1.165, 1.54) is 0 Å². The van der Waals surface area contributed by atoms with E-state index >= 15 is 0 Å². The first-order valence-corrected chi connectivity index (χ1v) is 6.50. The fourth-order valence-corrected chi connectivity index (χ4v) is 2.63. The number of hydrogen-bond donors (Lipinski definition) is 2. The molecule has 0 aromatic heterocycles. The highest BCUT2D eigenvalue weighted by Crippen LogP contribution is 2.32. The van der Waals surface area contributed by atoms with Crippen LogP contribution in [0.4, 0.5) is 0 Å². The summed E-state index contributed by atoms with van der Waals surface area (Å²) >= 11 is 0. The van der Waals surface area contributed by atoms with Gasteiger partial charge in [0.25, 0.3) is 0 Å². The Hall–Kier alpha value is -1.36. The zero-order chi connectivity index (χ0) is 13.0. The predicted molar refractivity (Wildman–Crippen MR) is 66.9 cm³/mol. The second-order valence-corrected chi connectivity index (χ2v) is 4.80. The predicted octanol–water partition coefficient (Wildman–Crippen LogP) is 0.508.